The minimum atomic E-state index is -0.127. The van der Waals surface area contributed by atoms with E-state index >= 15 is 0 Å². The van der Waals surface area contributed by atoms with Crippen LogP contribution in [0.2, 0.25) is 0 Å². The molecule has 0 aliphatic heterocycles. The zero-order valence-corrected chi connectivity index (χ0v) is 34.7. The average molecular weight is 807 g/mol. The summed E-state index contributed by atoms with van der Waals surface area (Å²) < 4.78 is 12.8. The number of aromatic nitrogens is 2. The number of nitrogens with zero attached hydrogens (tertiary/aromatic N) is 2. The summed E-state index contributed by atoms with van der Waals surface area (Å²) in [5, 5.41) is 6.73. The highest BCUT2D eigenvalue weighted by Crippen LogP contribution is 2.53. The lowest BCUT2D eigenvalue weighted by atomic mass is 9.81. The normalized spacial score (nSPS) is 13.0. The van der Waals surface area contributed by atoms with Crippen molar-refractivity contribution in [2.24, 2.45) is 0 Å². The van der Waals surface area contributed by atoms with Crippen molar-refractivity contribution >= 4 is 54.6 Å². The van der Waals surface area contributed by atoms with E-state index in [1.807, 2.05) is 36.4 Å². The third-order valence-corrected chi connectivity index (χ3v) is 13.3. The van der Waals surface area contributed by atoms with Gasteiger partial charge in [-0.15, -0.1) is 0 Å². The molecule has 13 rings (SSSR count). The summed E-state index contributed by atoms with van der Waals surface area (Å²) in [6.07, 6.45) is 0. The topological polar surface area (TPSA) is 52.1 Å². The fourth-order valence-electron chi connectivity index (χ4n) is 10.1. The van der Waals surface area contributed by atoms with E-state index < -0.39 is 0 Å². The van der Waals surface area contributed by atoms with Gasteiger partial charge in [0.25, 0.3) is 0 Å². The number of hydrogen-bond acceptors (Lipinski definition) is 4. The van der Waals surface area contributed by atoms with E-state index in [0.717, 1.165) is 88.6 Å². The van der Waals surface area contributed by atoms with E-state index in [1.54, 1.807) is 0 Å². The van der Waals surface area contributed by atoms with Crippen LogP contribution in [0.5, 0.6) is 0 Å². The van der Waals surface area contributed by atoms with Crippen molar-refractivity contribution < 1.29 is 8.83 Å². The maximum absolute atomic E-state index is 6.46. The van der Waals surface area contributed by atoms with Gasteiger partial charge in [0, 0.05) is 43.7 Å². The Morgan fingerprint density at radius 1 is 0.349 bits per heavy atom. The van der Waals surface area contributed by atoms with Crippen molar-refractivity contribution in [3.05, 3.63) is 205 Å². The molecule has 0 radical (unpaired) electrons. The van der Waals surface area contributed by atoms with E-state index in [9.17, 15) is 0 Å². The standard InChI is InChI=1S/C59H38N2O2/c1-59(2)49-24-13-23-42(57(49)48-29-36-16-6-7-17-37(36)31-50(48)59)38-18-12-19-40(28-38)51-34-52(61-58(60-51)35-14-4-3-5-15-35)43-21-9-8-20-41(43)39-26-27-54-45(30-39)47-33-55-46(32-56(47)63-54)44-22-10-11-25-53(44)62-55/h3-34H,1-2H3. The summed E-state index contributed by atoms with van der Waals surface area (Å²) in [5.74, 6) is 0.678. The molecule has 0 spiro atoms. The molecule has 4 heteroatoms. The van der Waals surface area contributed by atoms with Crippen LogP contribution < -0.4 is 0 Å². The zero-order valence-electron chi connectivity index (χ0n) is 34.7. The van der Waals surface area contributed by atoms with Gasteiger partial charge in [0.05, 0.1) is 11.4 Å². The molecule has 3 heterocycles. The molecule has 296 valence electrons. The molecule has 0 fully saturated rings. The van der Waals surface area contributed by atoms with Crippen molar-refractivity contribution in [1.29, 1.82) is 0 Å². The molecule has 4 nitrogen and oxygen atoms in total. The summed E-state index contributed by atoms with van der Waals surface area (Å²) in [6, 6.07) is 68.9. The largest absolute Gasteiger partial charge is 0.456 e. The quantitative estimate of drug-likeness (QED) is 0.174. The second-order valence-corrected chi connectivity index (χ2v) is 17.3. The molecule has 9 aromatic carbocycles. The van der Waals surface area contributed by atoms with Crippen molar-refractivity contribution in [3.8, 4) is 67.3 Å². The van der Waals surface area contributed by atoms with Crippen LogP contribution in [0.4, 0.5) is 0 Å². The predicted octanol–water partition coefficient (Wildman–Crippen LogP) is 16.1. The molecule has 0 amide bonds. The lowest BCUT2D eigenvalue weighted by molar-refractivity contribution is 0.661. The fourth-order valence-corrected chi connectivity index (χ4v) is 10.1. The SMILES string of the molecule is CC1(C)c2cc3ccccc3cc2-c2c(-c3cccc(-c4cc(-c5ccccc5-c5ccc6oc7cc8c(cc7c6c5)oc5ccccc58)nc(-c5ccccc5)n4)c3)cccc21. The maximum atomic E-state index is 6.46. The number of fused-ring (bicyclic) bond motifs is 10. The van der Waals surface area contributed by atoms with Crippen LogP contribution in [0, 0.1) is 0 Å². The van der Waals surface area contributed by atoms with Crippen molar-refractivity contribution in [2.45, 2.75) is 19.3 Å². The smallest absolute Gasteiger partial charge is 0.160 e. The number of hydrogen-bond donors (Lipinski definition) is 0. The Kier molecular flexibility index (Phi) is 7.62. The first-order valence-corrected chi connectivity index (χ1v) is 21.5. The molecule has 1 aliphatic rings. The van der Waals surface area contributed by atoms with Crippen molar-refractivity contribution in [2.75, 3.05) is 0 Å². The third kappa shape index (κ3) is 5.54. The van der Waals surface area contributed by atoms with Crippen LogP contribution in [-0.2, 0) is 5.41 Å². The molecule has 12 aromatic rings. The Morgan fingerprint density at radius 2 is 0.952 bits per heavy atom. The Hall–Kier alpha value is -8.08. The van der Waals surface area contributed by atoms with Gasteiger partial charge >= 0.3 is 0 Å². The average Bonchev–Trinajstić information content (AvgIpc) is 3.96. The number of benzene rings is 9. The van der Waals surface area contributed by atoms with Crippen LogP contribution in [0.1, 0.15) is 25.0 Å². The van der Waals surface area contributed by atoms with E-state index in [2.05, 4.69) is 172 Å². The molecule has 3 aromatic heterocycles. The second kappa shape index (κ2) is 13.5. The van der Waals surface area contributed by atoms with Gasteiger partial charge in [-0.2, -0.15) is 0 Å². The van der Waals surface area contributed by atoms with Crippen LogP contribution in [-0.4, -0.2) is 9.97 Å². The molecule has 0 bridgehead atoms. The van der Waals surface area contributed by atoms with Crippen LogP contribution in [0.3, 0.4) is 0 Å². The summed E-state index contributed by atoms with van der Waals surface area (Å²) in [5.41, 5.74) is 17.9. The first kappa shape index (κ1) is 35.7. The minimum absolute atomic E-state index is 0.127. The monoisotopic (exact) mass is 806 g/mol. The van der Waals surface area contributed by atoms with Crippen LogP contribution in [0.25, 0.3) is 122 Å². The van der Waals surface area contributed by atoms with E-state index in [0.29, 0.717) is 5.82 Å². The molecule has 0 N–H and O–H groups in total. The first-order chi connectivity index (χ1) is 30.9. The third-order valence-electron chi connectivity index (χ3n) is 13.3. The Labute approximate surface area is 363 Å². The van der Waals surface area contributed by atoms with E-state index in [1.165, 1.54) is 38.6 Å². The highest BCUT2D eigenvalue weighted by atomic mass is 16.3. The Balaban J connectivity index is 0.954. The molecule has 0 saturated heterocycles. The van der Waals surface area contributed by atoms with Gasteiger partial charge in [-0.3, -0.25) is 0 Å². The fraction of sp³-hybridized carbons (Fsp3) is 0.0508. The molecule has 0 atom stereocenters. The predicted molar refractivity (Wildman–Crippen MR) is 259 cm³/mol. The first-order valence-electron chi connectivity index (χ1n) is 21.5. The summed E-state index contributed by atoms with van der Waals surface area (Å²) in [4.78, 5) is 10.6. The maximum Gasteiger partial charge on any atom is 0.160 e. The number of furan rings is 2. The van der Waals surface area contributed by atoms with Gasteiger partial charge in [-0.1, -0.05) is 153 Å². The zero-order chi connectivity index (χ0) is 41.8. The summed E-state index contributed by atoms with van der Waals surface area (Å²) in [7, 11) is 0. The van der Waals surface area contributed by atoms with Gasteiger partial charge < -0.3 is 8.83 Å². The van der Waals surface area contributed by atoms with Gasteiger partial charge in [0.2, 0.25) is 0 Å². The molecule has 0 unspecified atom stereocenters. The summed E-state index contributed by atoms with van der Waals surface area (Å²) in [6.45, 7) is 4.71. The van der Waals surface area contributed by atoms with Crippen LogP contribution in [0.15, 0.2) is 203 Å². The van der Waals surface area contributed by atoms with Gasteiger partial charge in [0.1, 0.15) is 22.3 Å². The van der Waals surface area contributed by atoms with Crippen LogP contribution >= 0.6 is 0 Å². The summed E-state index contributed by atoms with van der Waals surface area (Å²) >= 11 is 0. The Bertz CT molecular complexity index is 3830. The van der Waals surface area contributed by atoms with E-state index in [4.69, 9.17) is 18.8 Å². The second-order valence-electron chi connectivity index (χ2n) is 17.3. The molecular weight excluding hydrogens is 769 g/mol. The lowest BCUT2D eigenvalue weighted by Gasteiger charge is -2.22. The Morgan fingerprint density at radius 3 is 1.79 bits per heavy atom. The van der Waals surface area contributed by atoms with Gasteiger partial charge in [-0.05, 0) is 110 Å². The highest BCUT2D eigenvalue weighted by molar-refractivity contribution is 6.15. The highest BCUT2D eigenvalue weighted by Gasteiger charge is 2.37. The van der Waals surface area contributed by atoms with Crippen molar-refractivity contribution in [1.82, 2.24) is 9.97 Å². The lowest BCUT2D eigenvalue weighted by Crippen LogP contribution is -2.14. The molecule has 0 saturated carbocycles. The minimum Gasteiger partial charge on any atom is -0.456 e. The van der Waals surface area contributed by atoms with Gasteiger partial charge in [0.15, 0.2) is 5.82 Å². The number of rotatable bonds is 5. The van der Waals surface area contributed by atoms with Gasteiger partial charge in [-0.25, -0.2) is 9.97 Å². The van der Waals surface area contributed by atoms with E-state index in [-0.39, 0.29) is 5.41 Å². The molecule has 63 heavy (non-hydrogen) atoms. The number of para-hydroxylation sites is 1. The van der Waals surface area contributed by atoms with Crippen molar-refractivity contribution in [3.63, 3.8) is 0 Å². The molecule has 1 aliphatic carbocycles. The molecular formula is C59H38N2O2.